The van der Waals surface area contributed by atoms with Crippen molar-refractivity contribution in [3.8, 4) is 11.5 Å². The fraction of sp³-hybridized carbons (Fsp3) is 0.267. The Hall–Kier alpha value is -2.48. The van der Waals surface area contributed by atoms with E-state index in [0.29, 0.717) is 23.0 Å². The van der Waals surface area contributed by atoms with E-state index < -0.39 is 5.97 Å². The van der Waals surface area contributed by atoms with E-state index in [-0.39, 0.29) is 17.7 Å². The minimum atomic E-state index is -0.460. The zero-order valence-electron chi connectivity index (χ0n) is 12.7. The summed E-state index contributed by atoms with van der Waals surface area (Å²) in [6.45, 7) is 1.80. The van der Waals surface area contributed by atoms with Gasteiger partial charge in [0.25, 0.3) is 5.91 Å². The molecule has 1 aliphatic rings. The monoisotopic (exact) mass is 336 g/mol. The van der Waals surface area contributed by atoms with Gasteiger partial charge in [-0.25, -0.2) is 4.79 Å². The number of methoxy groups -OCH3 is 1. The fourth-order valence-corrected chi connectivity index (χ4v) is 2.53. The molecule has 0 aromatic heterocycles. The largest absolute Gasteiger partial charge is 0.493 e. The summed E-state index contributed by atoms with van der Waals surface area (Å²) in [5, 5.41) is 9.92. The van der Waals surface area contributed by atoms with Crippen LogP contribution in [0.2, 0.25) is 0 Å². The maximum Gasteiger partial charge on any atom is 0.344 e. The maximum atomic E-state index is 11.6. The van der Waals surface area contributed by atoms with E-state index in [4.69, 9.17) is 19.6 Å². The Morgan fingerprint density at radius 3 is 2.78 bits per heavy atom. The fourth-order valence-electron chi connectivity index (χ4n) is 1.83. The van der Waals surface area contributed by atoms with E-state index in [1.807, 2.05) is 0 Å². The van der Waals surface area contributed by atoms with Crippen molar-refractivity contribution in [1.82, 2.24) is 5.32 Å². The summed E-state index contributed by atoms with van der Waals surface area (Å²) >= 11 is 1.06. The number of esters is 1. The SMILES string of the molecule is CCOC(=O)COc1ccc(/C=C2\SC(=N)NC2=O)cc1OC. The summed E-state index contributed by atoms with van der Waals surface area (Å²) in [6.07, 6.45) is 1.65. The molecule has 1 fully saturated rings. The first-order valence-electron chi connectivity index (χ1n) is 6.79. The number of ether oxygens (including phenoxy) is 3. The maximum absolute atomic E-state index is 11.6. The van der Waals surface area contributed by atoms with Crippen molar-refractivity contribution in [3.05, 3.63) is 28.7 Å². The highest BCUT2D eigenvalue weighted by atomic mass is 32.2. The highest BCUT2D eigenvalue weighted by Crippen LogP contribution is 2.31. The van der Waals surface area contributed by atoms with Crippen LogP contribution in [0, 0.1) is 5.41 Å². The van der Waals surface area contributed by atoms with Gasteiger partial charge in [0.05, 0.1) is 18.6 Å². The van der Waals surface area contributed by atoms with Crippen LogP contribution in [0.5, 0.6) is 11.5 Å². The predicted octanol–water partition coefficient (Wildman–Crippen LogP) is 1.78. The Labute approximate surface area is 137 Å². The average Bonchev–Trinajstić information content (AvgIpc) is 2.83. The summed E-state index contributed by atoms with van der Waals surface area (Å²) in [6, 6.07) is 5.06. The number of rotatable bonds is 6. The third-order valence-corrected chi connectivity index (χ3v) is 3.63. The Morgan fingerprint density at radius 1 is 1.39 bits per heavy atom. The van der Waals surface area contributed by atoms with Gasteiger partial charge < -0.3 is 19.5 Å². The van der Waals surface area contributed by atoms with Gasteiger partial charge in [0.15, 0.2) is 23.3 Å². The molecule has 122 valence electrons. The Morgan fingerprint density at radius 2 is 2.17 bits per heavy atom. The van der Waals surface area contributed by atoms with E-state index in [1.54, 1.807) is 31.2 Å². The molecule has 8 heteroatoms. The number of carbonyl (C=O) groups excluding carboxylic acids is 2. The van der Waals surface area contributed by atoms with Crippen LogP contribution in [0.25, 0.3) is 6.08 Å². The van der Waals surface area contributed by atoms with Gasteiger partial charge in [-0.05, 0) is 42.5 Å². The molecular formula is C15H16N2O5S. The molecule has 1 saturated heterocycles. The summed E-state index contributed by atoms with van der Waals surface area (Å²) in [5.74, 6) is 0.0704. The lowest BCUT2D eigenvalue weighted by Crippen LogP contribution is -2.18. The lowest BCUT2D eigenvalue weighted by Gasteiger charge is -2.11. The second-order valence-electron chi connectivity index (χ2n) is 4.40. The first kappa shape index (κ1) is 16.9. The van der Waals surface area contributed by atoms with Crippen molar-refractivity contribution in [2.75, 3.05) is 20.3 Å². The Kier molecular flexibility index (Phi) is 5.64. The zero-order chi connectivity index (χ0) is 16.8. The summed E-state index contributed by atoms with van der Waals surface area (Å²) in [5.41, 5.74) is 0.720. The highest BCUT2D eigenvalue weighted by molar-refractivity contribution is 8.18. The van der Waals surface area contributed by atoms with Crippen LogP contribution in [-0.2, 0) is 14.3 Å². The number of amidine groups is 1. The van der Waals surface area contributed by atoms with Crippen LogP contribution in [-0.4, -0.2) is 37.4 Å². The molecule has 2 rings (SSSR count). The Balaban J connectivity index is 2.13. The van der Waals surface area contributed by atoms with E-state index in [9.17, 15) is 9.59 Å². The van der Waals surface area contributed by atoms with Crippen molar-refractivity contribution >= 4 is 34.9 Å². The third-order valence-electron chi connectivity index (χ3n) is 2.80. The molecule has 0 atom stereocenters. The number of nitrogens with one attached hydrogen (secondary N) is 2. The lowest BCUT2D eigenvalue weighted by molar-refractivity contribution is -0.145. The van der Waals surface area contributed by atoms with Gasteiger partial charge in [0.2, 0.25) is 0 Å². The van der Waals surface area contributed by atoms with Crippen molar-refractivity contribution in [1.29, 1.82) is 5.41 Å². The number of hydrogen-bond acceptors (Lipinski definition) is 7. The van der Waals surface area contributed by atoms with E-state index in [1.165, 1.54) is 7.11 Å². The van der Waals surface area contributed by atoms with Crippen LogP contribution in [0.15, 0.2) is 23.1 Å². The summed E-state index contributed by atoms with van der Waals surface area (Å²) < 4.78 is 15.4. The van der Waals surface area contributed by atoms with Crippen LogP contribution in [0.4, 0.5) is 0 Å². The van der Waals surface area contributed by atoms with Crippen LogP contribution in [0.3, 0.4) is 0 Å². The highest BCUT2D eigenvalue weighted by Gasteiger charge is 2.22. The number of carbonyl (C=O) groups is 2. The van der Waals surface area contributed by atoms with Gasteiger partial charge in [0.1, 0.15) is 0 Å². The van der Waals surface area contributed by atoms with Gasteiger partial charge in [-0.3, -0.25) is 10.2 Å². The molecule has 1 heterocycles. The molecule has 0 radical (unpaired) electrons. The second-order valence-corrected chi connectivity index (χ2v) is 5.45. The average molecular weight is 336 g/mol. The minimum Gasteiger partial charge on any atom is -0.493 e. The van der Waals surface area contributed by atoms with Gasteiger partial charge in [-0.1, -0.05) is 6.07 Å². The molecule has 1 amide bonds. The van der Waals surface area contributed by atoms with Crippen LogP contribution < -0.4 is 14.8 Å². The first-order valence-corrected chi connectivity index (χ1v) is 7.61. The normalized spacial score (nSPS) is 15.5. The number of amides is 1. The summed E-state index contributed by atoms with van der Waals surface area (Å²) in [4.78, 5) is 23.3. The zero-order valence-corrected chi connectivity index (χ0v) is 13.5. The third kappa shape index (κ3) is 4.49. The second kappa shape index (κ2) is 7.68. The van der Waals surface area contributed by atoms with E-state index in [2.05, 4.69) is 5.32 Å². The number of hydrogen-bond donors (Lipinski definition) is 2. The molecule has 0 spiro atoms. The van der Waals surface area contributed by atoms with Gasteiger partial charge >= 0.3 is 5.97 Å². The molecule has 2 N–H and O–H groups in total. The minimum absolute atomic E-state index is 0.0996. The van der Waals surface area contributed by atoms with Crippen molar-refractivity contribution < 1.29 is 23.8 Å². The van der Waals surface area contributed by atoms with Crippen molar-refractivity contribution in [3.63, 3.8) is 0 Å². The quantitative estimate of drug-likeness (QED) is 0.607. The molecule has 1 aromatic rings. The van der Waals surface area contributed by atoms with E-state index in [0.717, 1.165) is 17.3 Å². The molecule has 0 saturated carbocycles. The predicted molar refractivity (Wildman–Crippen MR) is 86.6 cm³/mol. The van der Waals surface area contributed by atoms with Gasteiger partial charge in [-0.15, -0.1) is 0 Å². The van der Waals surface area contributed by atoms with Gasteiger partial charge in [0, 0.05) is 0 Å². The molecule has 7 nitrogen and oxygen atoms in total. The first-order chi connectivity index (χ1) is 11.0. The summed E-state index contributed by atoms with van der Waals surface area (Å²) in [7, 11) is 1.48. The topological polar surface area (TPSA) is 97.7 Å². The lowest BCUT2D eigenvalue weighted by atomic mass is 10.2. The molecular weight excluding hydrogens is 320 g/mol. The molecule has 0 bridgehead atoms. The molecule has 1 aliphatic heterocycles. The molecule has 23 heavy (non-hydrogen) atoms. The van der Waals surface area contributed by atoms with Crippen molar-refractivity contribution in [2.45, 2.75) is 6.92 Å². The van der Waals surface area contributed by atoms with Crippen LogP contribution in [0.1, 0.15) is 12.5 Å². The smallest absolute Gasteiger partial charge is 0.344 e. The van der Waals surface area contributed by atoms with E-state index >= 15 is 0 Å². The molecule has 0 aliphatic carbocycles. The molecule has 0 unspecified atom stereocenters. The van der Waals surface area contributed by atoms with Crippen molar-refractivity contribution in [2.24, 2.45) is 0 Å². The van der Waals surface area contributed by atoms with Crippen LogP contribution >= 0.6 is 11.8 Å². The standard InChI is InChI=1S/C15H16N2O5S/c1-3-21-13(18)8-22-10-5-4-9(6-11(10)20-2)7-12-14(19)17-15(16)23-12/h4-7H,3,8H2,1-2H3,(H2,16,17,19)/b12-7-. The Bertz CT molecular complexity index is 672. The van der Waals surface area contributed by atoms with Gasteiger partial charge in [-0.2, -0.15) is 0 Å². The number of benzene rings is 1. The number of thioether (sulfide) groups is 1. The molecule has 1 aromatic carbocycles.